The van der Waals surface area contributed by atoms with Gasteiger partial charge >= 0.3 is 6.18 Å². The summed E-state index contributed by atoms with van der Waals surface area (Å²) in [5, 5.41) is 12.1. The molecule has 164 valence electrons. The number of furan rings is 1. The quantitative estimate of drug-likeness (QED) is 0.726. The summed E-state index contributed by atoms with van der Waals surface area (Å²) in [5.74, 6) is -4.43. The van der Waals surface area contributed by atoms with Crippen molar-refractivity contribution in [2.45, 2.75) is 37.1 Å². The predicted molar refractivity (Wildman–Crippen MR) is 95.7 cm³/mol. The topological polar surface area (TPSA) is 74.9 Å². The van der Waals surface area contributed by atoms with Gasteiger partial charge in [0.15, 0.2) is 0 Å². The predicted octanol–water partition coefficient (Wildman–Crippen LogP) is 3.18. The van der Waals surface area contributed by atoms with E-state index in [1.54, 1.807) is 0 Å². The zero-order valence-electron chi connectivity index (χ0n) is 15.6. The number of anilines is 1. The van der Waals surface area contributed by atoms with E-state index >= 15 is 0 Å². The Labute approximate surface area is 167 Å². The van der Waals surface area contributed by atoms with Crippen LogP contribution in [0.5, 0.6) is 0 Å². The lowest BCUT2D eigenvalue weighted by Crippen LogP contribution is -2.50. The maximum absolute atomic E-state index is 15.0. The van der Waals surface area contributed by atoms with Gasteiger partial charge in [0.05, 0.1) is 23.9 Å². The minimum Gasteiger partial charge on any atom is -0.449 e. The van der Waals surface area contributed by atoms with Crippen LogP contribution in [0, 0.1) is 0 Å². The second kappa shape index (κ2) is 7.38. The SMILES string of the molecule is O=C1NCCN(CC(F)(F)C2CC(O)CCO2)c2c1oc1ccc(C(F)(F)F)cc21. The van der Waals surface area contributed by atoms with Gasteiger partial charge in [-0.15, -0.1) is 0 Å². The molecule has 0 radical (unpaired) electrons. The van der Waals surface area contributed by atoms with Crippen molar-refractivity contribution in [3.8, 4) is 0 Å². The Bertz CT molecular complexity index is 958. The van der Waals surface area contributed by atoms with E-state index in [0.717, 1.165) is 23.1 Å². The van der Waals surface area contributed by atoms with E-state index in [1.807, 2.05) is 0 Å². The molecule has 1 aromatic carbocycles. The molecule has 0 bridgehead atoms. The molecular weight excluding hydrogens is 415 g/mol. The molecule has 2 unspecified atom stereocenters. The van der Waals surface area contributed by atoms with Gasteiger partial charge in [0.1, 0.15) is 11.7 Å². The van der Waals surface area contributed by atoms with Gasteiger partial charge in [0.2, 0.25) is 5.76 Å². The molecule has 1 aromatic heterocycles. The van der Waals surface area contributed by atoms with E-state index in [0.29, 0.717) is 0 Å². The molecule has 1 amide bonds. The number of ether oxygens (including phenoxy) is 1. The van der Waals surface area contributed by atoms with E-state index < -0.39 is 42.3 Å². The largest absolute Gasteiger partial charge is 0.449 e. The summed E-state index contributed by atoms with van der Waals surface area (Å²) in [7, 11) is 0. The van der Waals surface area contributed by atoms with Gasteiger partial charge in [0.25, 0.3) is 11.8 Å². The molecule has 6 nitrogen and oxygen atoms in total. The molecule has 2 aliphatic heterocycles. The van der Waals surface area contributed by atoms with Gasteiger partial charge in [-0.2, -0.15) is 13.2 Å². The number of carbonyl (C=O) groups excluding carboxylic acids is 1. The molecule has 2 aromatic rings. The van der Waals surface area contributed by atoms with Crippen LogP contribution in [0.15, 0.2) is 22.6 Å². The first kappa shape index (κ1) is 20.9. The molecule has 0 aliphatic carbocycles. The zero-order chi connectivity index (χ0) is 21.7. The van der Waals surface area contributed by atoms with Crippen LogP contribution in [0.3, 0.4) is 0 Å². The first-order chi connectivity index (χ1) is 14.1. The van der Waals surface area contributed by atoms with Crippen molar-refractivity contribution >= 4 is 22.6 Å². The summed E-state index contributed by atoms with van der Waals surface area (Å²) in [6.45, 7) is -0.976. The standard InChI is InChI=1S/C19H19F5N2O4/c20-18(21,14-8-11(27)3-6-29-14)9-26-5-4-25-17(28)16-15(26)12-7-10(19(22,23)24)1-2-13(12)30-16/h1-2,7,11,14,27H,3-6,8-9H2,(H,25,28). The lowest BCUT2D eigenvalue weighted by Gasteiger charge is -2.35. The average molecular weight is 434 g/mol. The third-order valence-electron chi connectivity index (χ3n) is 5.31. The highest BCUT2D eigenvalue weighted by atomic mass is 19.4. The normalized spacial score (nSPS) is 23.3. The van der Waals surface area contributed by atoms with Crippen molar-refractivity contribution in [1.82, 2.24) is 5.32 Å². The number of rotatable bonds is 3. The monoisotopic (exact) mass is 434 g/mol. The summed E-state index contributed by atoms with van der Waals surface area (Å²) in [4.78, 5) is 13.5. The van der Waals surface area contributed by atoms with E-state index in [4.69, 9.17) is 9.15 Å². The summed E-state index contributed by atoms with van der Waals surface area (Å²) in [6.07, 6.45) is -7.10. The van der Waals surface area contributed by atoms with Crippen LogP contribution in [-0.4, -0.2) is 55.4 Å². The van der Waals surface area contributed by atoms with Crippen molar-refractivity contribution in [1.29, 1.82) is 0 Å². The van der Waals surface area contributed by atoms with Crippen molar-refractivity contribution in [2.75, 3.05) is 31.1 Å². The summed E-state index contributed by atoms with van der Waals surface area (Å²) in [5.41, 5.74) is -1.10. The van der Waals surface area contributed by atoms with Crippen molar-refractivity contribution in [2.24, 2.45) is 0 Å². The number of amides is 1. The molecule has 3 heterocycles. The molecule has 0 saturated carbocycles. The van der Waals surface area contributed by atoms with Crippen LogP contribution in [0.4, 0.5) is 27.6 Å². The Morgan fingerprint density at radius 2 is 2.00 bits per heavy atom. The number of aliphatic hydroxyl groups excluding tert-OH is 1. The Kier molecular flexibility index (Phi) is 5.13. The number of hydrogen-bond donors (Lipinski definition) is 2. The maximum atomic E-state index is 15.0. The number of carbonyl (C=O) groups is 1. The lowest BCUT2D eigenvalue weighted by atomic mass is 10.00. The molecule has 1 saturated heterocycles. The van der Waals surface area contributed by atoms with Crippen molar-refractivity contribution in [3.05, 3.63) is 29.5 Å². The average Bonchev–Trinajstić information content (AvgIpc) is 2.98. The molecule has 1 fully saturated rings. The summed E-state index contributed by atoms with van der Waals surface area (Å²) < 4.78 is 80.0. The van der Waals surface area contributed by atoms with Crippen molar-refractivity contribution in [3.63, 3.8) is 0 Å². The minimum absolute atomic E-state index is 0.00766. The molecule has 0 spiro atoms. The number of halogens is 5. The number of benzene rings is 1. The van der Waals surface area contributed by atoms with Crippen LogP contribution in [0.1, 0.15) is 29.0 Å². The van der Waals surface area contributed by atoms with Gasteiger partial charge in [-0.05, 0) is 24.6 Å². The fourth-order valence-corrected chi connectivity index (χ4v) is 3.81. The highest BCUT2D eigenvalue weighted by Crippen LogP contribution is 2.40. The number of alkyl halides is 5. The first-order valence-corrected chi connectivity index (χ1v) is 9.40. The van der Waals surface area contributed by atoms with E-state index in [9.17, 15) is 31.9 Å². The number of nitrogens with one attached hydrogen (secondary N) is 1. The van der Waals surface area contributed by atoms with Crippen LogP contribution in [-0.2, 0) is 10.9 Å². The molecule has 2 atom stereocenters. The smallest absolute Gasteiger partial charge is 0.416 e. The summed E-state index contributed by atoms with van der Waals surface area (Å²) in [6, 6.07) is 2.67. The van der Waals surface area contributed by atoms with Gasteiger partial charge in [0, 0.05) is 31.5 Å². The van der Waals surface area contributed by atoms with Gasteiger partial charge in [-0.3, -0.25) is 4.79 Å². The molecule has 30 heavy (non-hydrogen) atoms. The Hall–Kier alpha value is -2.40. The molecule has 11 heteroatoms. The fourth-order valence-electron chi connectivity index (χ4n) is 3.81. The molecular formula is C19H19F5N2O4. The Morgan fingerprint density at radius 3 is 2.70 bits per heavy atom. The Balaban J connectivity index is 1.75. The molecule has 4 rings (SSSR count). The van der Waals surface area contributed by atoms with Gasteiger partial charge in [-0.1, -0.05) is 0 Å². The maximum Gasteiger partial charge on any atom is 0.416 e. The first-order valence-electron chi connectivity index (χ1n) is 9.40. The number of aliphatic hydroxyl groups is 1. The van der Waals surface area contributed by atoms with Gasteiger partial charge < -0.3 is 24.5 Å². The Morgan fingerprint density at radius 1 is 1.23 bits per heavy atom. The second-order valence-corrected chi connectivity index (χ2v) is 7.46. The van der Waals surface area contributed by atoms with E-state index in [1.165, 1.54) is 0 Å². The van der Waals surface area contributed by atoms with E-state index in [-0.39, 0.29) is 55.0 Å². The van der Waals surface area contributed by atoms with E-state index in [2.05, 4.69) is 5.32 Å². The lowest BCUT2D eigenvalue weighted by molar-refractivity contribution is -0.166. The highest BCUT2D eigenvalue weighted by Gasteiger charge is 2.46. The van der Waals surface area contributed by atoms with Crippen LogP contribution >= 0.6 is 0 Å². The van der Waals surface area contributed by atoms with Gasteiger partial charge in [-0.25, -0.2) is 8.78 Å². The number of nitrogens with zero attached hydrogens (tertiary/aromatic N) is 1. The molecule has 2 N–H and O–H groups in total. The number of hydrogen-bond acceptors (Lipinski definition) is 5. The fraction of sp³-hybridized carbons (Fsp3) is 0.526. The van der Waals surface area contributed by atoms with Crippen LogP contribution < -0.4 is 10.2 Å². The zero-order valence-corrected chi connectivity index (χ0v) is 15.6. The highest BCUT2D eigenvalue weighted by molar-refractivity contribution is 6.07. The van der Waals surface area contributed by atoms with Crippen LogP contribution in [0.2, 0.25) is 0 Å². The minimum atomic E-state index is -4.65. The summed E-state index contributed by atoms with van der Waals surface area (Å²) >= 11 is 0. The second-order valence-electron chi connectivity index (χ2n) is 7.46. The van der Waals surface area contributed by atoms with Crippen molar-refractivity contribution < 1.29 is 41.0 Å². The molecule has 2 aliphatic rings. The van der Waals surface area contributed by atoms with Crippen LogP contribution in [0.25, 0.3) is 11.0 Å². The number of fused-ring (bicyclic) bond motifs is 3. The third-order valence-corrected chi connectivity index (χ3v) is 5.31. The third kappa shape index (κ3) is 3.83.